The lowest BCUT2D eigenvalue weighted by atomic mass is 10.1. The number of aromatic nitrogens is 3. The van der Waals surface area contributed by atoms with Gasteiger partial charge in [0.25, 0.3) is 0 Å². The Balaban J connectivity index is 0.00000121. The Morgan fingerprint density at radius 3 is 2.65 bits per heavy atom. The second-order valence-electron chi connectivity index (χ2n) is 9.16. The molecule has 0 aliphatic heterocycles. The van der Waals surface area contributed by atoms with Gasteiger partial charge in [0.15, 0.2) is 0 Å². The Labute approximate surface area is 217 Å². The maximum atomic E-state index is 10.2. The molecular formula is C28H33N7O2. The van der Waals surface area contributed by atoms with Crippen molar-refractivity contribution in [1.29, 1.82) is 5.26 Å². The summed E-state index contributed by atoms with van der Waals surface area (Å²) in [6.07, 6.45) is 7.41. The lowest BCUT2D eigenvalue weighted by Crippen LogP contribution is -2.16. The van der Waals surface area contributed by atoms with Crippen LogP contribution in [0.15, 0.2) is 65.2 Å². The van der Waals surface area contributed by atoms with Crippen LogP contribution in [0.4, 0.5) is 11.5 Å². The van der Waals surface area contributed by atoms with E-state index in [9.17, 15) is 10.4 Å². The highest BCUT2D eigenvalue weighted by Crippen LogP contribution is 2.45. The first-order valence-electron chi connectivity index (χ1n) is 12.1. The summed E-state index contributed by atoms with van der Waals surface area (Å²) in [5.74, 6) is 1.88. The number of hydrogen-bond donors (Lipinski definition) is 3. The fourth-order valence-corrected chi connectivity index (χ4v) is 3.60. The Hall–Kier alpha value is -4.29. The van der Waals surface area contributed by atoms with Gasteiger partial charge in [-0.3, -0.25) is 4.57 Å². The van der Waals surface area contributed by atoms with Crippen molar-refractivity contribution in [2.45, 2.75) is 46.6 Å². The fraction of sp³-hybridized carbons (Fsp3) is 0.321. The van der Waals surface area contributed by atoms with Crippen molar-refractivity contribution in [3.05, 3.63) is 65.8 Å². The maximum Gasteiger partial charge on any atom is 0.140 e. The summed E-state index contributed by atoms with van der Waals surface area (Å²) in [6.45, 7) is 11.3. The zero-order chi connectivity index (χ0) is 27.0. The molecule has 2 heterocycles. The Morgan fingerprint density at radius 1 is 1.32 bits per heavy atom. The number of benzene rings is 1. The normalized spacial score (nSPS) is 14.4. The van der Waals surface area contributed by atoms with Gasteiger partial charge in [0.05, 0.1) is 28.6 Å². The van der Waals surface area contributed by atoms with Crippen molar-refractivity contribution < 1.29 is 9.90 Å². The van der Waals surface area contributed by atoms with Gasteiger partial charge in [0, 0.05) is 17.8 Å². The predicted molar refractivity (Wildman–Crippen MR) is 148 cm³/mol. The van der Waals surface area contributed by atoms with Gasteiger partial charge in [0.2, 0.25) is 0 Å². The molecule has 1 fully saturated rings. The lowest BCUT2D eigenvalue weighted by molar-refractivity contribution is -0.106. The van der Waals surface area contributed by atoms with Crippen molar-refractivity contribution in [3.8, 4) is 11.9 Å². The highest BCUT2D eigenvalue weighted by Gasteiger charge is 2.43. The number of aliphatic hydroxyl groups is 1. The van der Waals surface area contributed by atoms with E-state index in [-0.39, 0.29) is 5.41 Å². The molecule has 1 aliphatic rings. The number of nitrogens with zero attached hydrogens (tertiary/aromatic N) is 5. The van der Waals surface area contributed by atoms with Gasteiger partial charge in [-0.2, -0.15) is 5.26 Å². The lowest BCUT2D eigenvalue weighted by Gasteiger charge is -2.16. The molecule has 2 aromatic heterocycles. The highest BCUT2D eigenvalue weighted by molar-refractivity contribution is 5.81. The molecule has 1 aromatic carbocycles. The van der Waals surface area contributed by atoms with E-state index in [0.29, 0.717) is 29.6 Å². The second-order valence-corrected chi connectivity index (χ2v) is 9.16. The average molecular weight is 500 g/mol. The number of pyridine rings is 1. The smallest absolute Gasteiger partial charge is 0.140 e. The van der Waals surface area contributed by atoms with Crippen LogP contribution in [-0.4, -0.2) is 39.2 Å². The summed E-state index contributed by atoms with van der Waals surface area (Å²) in [7, 11) is 0. The number of aliphatic imine (C=N–C) groups is 1. The number of allylic oxidation sites excluding steroid dienone is 3. The Morgan fingerprint density at radius 2 is 2.05 bits per heavy atom. The molecule has 0 radical (unpaired) electrons. The first-order chi connectivity index (χ1) is 17.8. The second kappa shape index (κ2) is 12.1. The number of nitriles is 1. The quantitative estimate of drug-likeness (QED) is 0.207. The predicted octanol–water partition coefficient (Wildman–Crippen LogP) is 5.31. The SMILES string of the molecule is C=N/C(=C\C=C(C)C)Nc1ccc2ncn(-c3ccc(C(C)O)c(NCC4(C#N)CC4)n3)c2c1.CC=O. The van der Waals surface area contributed by atoms with Crippen LogP contribution in [0.3, 0.4) is 0 Å². The zero-order valence-corrected chi connectivity index (χ0v) is 21.7. The van der Waals surface area contributed by atoms with Gasteiger partial charge >= 0.3 is 0 Å². The number of aldehydes is 1. The molecular weight excluding hydrogens is 466 g/mol. The van der Waals surface area contributed by atoms with Crippen molar-refractivity contribution in [3.63, 3.8) is 0 Å². The minimum Gasteiger partial charge on any atom is -0.389 e. The average Bonchev–Trinajstić information content (AvgIpc) is 3.55. The number of rotatable bonds is 9. The minimum atomic E-state index is -0.686. The van der Waals surface area contributed by atoms with E-state index >= 15 is 0 Å². The molecule has 9 heteroatoms. The minimum absolute atomic E-state index is 0.328. The summed E-state index contributed by atoms with van der Waals surface area (Å²) in [6, 6.07) is 12.0. The van der Waals surface area contributed by atoms with Crippen LogP contribution in [-0.2, 0) is 4.79 Å². The molecule has 0 spiro atoms. The summed E-state index contributed by atoms with van der Waals surface area (Å²) >= 11 is 0. The molecule has 1 unspecified atom stereocenters. The van der Waals surface area contributed by atoms with Crippen molar-refractivity contribution in [2.75, 3.05) is 17.2 Å². The van der Waals surface area contributed by atoms with Crippen LogP contribution in [0.1, 0.15) is 52.2 Å². The van der Waals surface area contributed by atoms with E-state index < -0.39 is 6.10 Å². The number of carbonyl (C=O) groups is 1. The number of aliphatic hydroxyl groups excluding tert-OH is 1. The first-order valence-corrected chi connectivity index (χ1v) is 12.1. The molecule has 4 rings (SSSR count). The standard InChI is InChI=1S/C26H29N7O.C2H4O/c1-17(2)5-9-23(28-4)31-19-6-8-21-22(13-19)33(16-30-21)24-10-7-20(18(3)34)25(32-24)29-15-26(14-27)11-12-26;1-2-3/h5-10,13,16,18,31,34H,4,11-12,15H2,1-3H3,(H,29,32);2H,1H3/b23-9+;. The molecule has 3 N–H and O–H groups in total. The van der Waals surface area contributed by atoms with E-state index in [1.807, 2.05) is 60.9 Å². The number of anilines is 2. The number of imidazole rings is 1. The van der Waals surface area contributed by atoms with Crippen LogP contribution in [0.2, 0.25) is 0 Å². The maximum absolute atomic E-state index is 10.2. The molecule has 0 saturated heterocycles. The van der Waals surface area contributed by atoms with Crippen LogP contribution in [0.25, 0.3) is 16.9 Å². The van der Waals surface area contributed by atoms with Gasteiger partial charge < -0.3 is 20.5 Å². The summed E-state index contributed by atoms with van der Waals surface area (Å²) < 4.78 is 1.90. The van der Waals surface area contributed by atoms with E-state index in [1.54, 1.807) is 13.3 Å². The van der Waals surface area contributed by atoms with Crippen LogP contribution in [0, 0.1) is 16.7 Å². The fourth-order valence-electron chi connectivity index (χ4n) is 3.60. The van der Waals surface area contributed by atoms with Crippen LogP contribution >= 0.6 is 0 Å². The topological polar surface area (TPSA) is 128 Å². The molecule has 0 amide bonds. The van der Waals surface area contributed by atoms with E-state index in [2.05, 4.69) is 33.4 Å². The third-order valence-electron chi connectivity index (χ3n) is 5.86. The van der Waals surface area contributed by atoms with Crippen LogP contribution < -0.4 is 10.6 Å². The van der Waals surface area contributed by atoms with Gasteiger partial charge in [-0.05, 0) is 83.7 Å². The number of nitrogens with one attached hydrogen (secondary N) is 2. The first kappa shape index (κ1) is 27.3. The van der Waals surface area contributed by atoms with Crippen molar-refractivity contribution in [2.24, 2.45) is 10.4 Å². The highest BCUT2D eigenvalue weighted by atomic mass is 16.3. The van der Waals surface area contributed by atoms with E-state index in [4.69, 9.17) is 9.78 Å². The molecule has 1 atom stereocenters. The Kier molecular flexibility index (Phi) is 8.93. The summed E-state index contributed by atoms with van der Waals surface area (Å²) in [5.41, 5.74) is 4.06. The Bertz CT molecular complexity index is 1370. The molecule has 0 bridgehead atoms. The molecule has 1 saturated carbocycles. The molecule has 1 aliphatic carbocycles. The van der Waals surface area contributed by atoms with Crippen molar-refractivity contribution >= 4 is 35.5 Å². The molecule has 37 heavy (non-hydrogen) atoms. The van der Waals surface area contributed by atoms with Gasteiger partial charge in [-0.1, -0.05) is 11.6 Å². The van der Waals surface area contributed by atoms with E-state index in [0.717, 1.165) is 41.4 Å². The molecule has 192 valence electrons. The third kappa shape index (κ3) is 6.90. The van der Waals surface area contributed by atoms with Crippen LogP contribution in [0.5, 0.6) is 0 Å². The van der Waals surface area contributed by atoms with Crippen molar-refractivity contribution in [1.82, 2.24) is 14.5 Å². The van der Waals surface area contributed by atoms with Gasteiger partial charge in [-0.25, -0.2) is 15.0 Å². The van der Waals surface area contributed by atoms with Gasteiger partial charge in [0.1, 0.15) is 30.1 Å². The zero-order valence-electron chi connectivity index (χ0n) is 21.7. The van der Waals surface area contributed by atoms with E-state index in [1.165, 1.54) is 6.92 Å². The largest absolute Gasteiger partial charge is 0.389 e. The molecule has 9 nitrogen and oxygen atoms in total. The number of fused-ring (bicyclic) bond motifs is 1. The number of carbonyl (C=O) groups excluding carboxylic acids is 1. The third-order valence-corrected chi connectivity index (χ3v) is 5.86. The monoisotopic (exact) mass is 499 g/mol. The summed E-state index contributed by atoms with van der Waals surface area (Å²) in [5, 5.41) is 26.2. The molecule has 3 aromatic rings. The van der Waals surface area contributed by atoms with Gasteiger partial charge in [-0.15, -0.1) is 0 Å². The number of hydrogen-bond acceptors (Lipinski definition) is 8. The summed E-state index contributed by atoms with van der Waals surface area (Å²) in [4.78, 5) is 22.2.